The number of alkyl halides is 6. The van der Waals surface area contributed by atoms with Crippen LogP contribution in [0.2, 0.25) is 0 Å². The summed E-state index contributed by atoms with van der Waals surface area (Å²) in [5, 5.41) is 9.82. The third kappa shape index (κ3) is 2.99. The van der Waals surface area contributed by atoms with Crippen molar-refractivity contribution in [3.63, 3.8) is 0 Å². The predicted octanol–water partition coefficient (Wildman–Crippen LogP) is 4.22. The van der Waals surface area contributed by atoms with Gasteiger partial charge in [0.1, 0.15) is 5.75 Å². The standard InChI is InChI=1S/C15H8F6N2O2/c16-14(17,18)7-1-3-10-9(5-7)22-13(25)23(10)11-6-8(15(19,20)21)2-4-12(11)24/h1-6,10,24H. The van der Waals surface area contributed by atoms with Crippen LogP contribution < -0.4 is 4.90 Å². The number of urea groups is 1. The molecule has 0 saturated heterocycles. The summed E-state index contributed by atoms with van der Waals surface area (Å²) in [5.74, 6) is -0.628. The van der Waals surface area contributed by atoms with E-state index in [0.29, 0.717) is 29.2 Å². The Morgan fingerprint density at radius 3 is 2.36 bits per heavy atom. The molecule has 1 N–H and O–H groups in total. The molecule has 0 fully saturated rings. The molecule has 1 aromatic rings. The number of carbonyl (C=O) groups is 1. The topological polar surface area (TPSA) is 52.9 Å². The minimum absolute atomic E-state index is 0.267. The highest BCUT2D eigenvalue weighted by Gasteiger charge is 2.41. The molecule has 10 heteroatoms. The van der Waals surface area contributed by atoms with Crippen molar-refractivity contribution in [2.24, 2.45) is 4.99 Å². The van der Waals surface area contributed by atoms with Crippen LogP contribution in [0.5, 0.6) is 5.75 Å². The number of phenolic OH excluding ortho intramolecular Hbond substituents is 1. The molecule has 4 nitrogen and oxygen atoms in total. The van der Waals surface area contributed by atoms with E-state index >= 15 is 0 Å². The first-order chi connectivity index (χ1) is 11.5. The van der Waals surface area contributed by atoms with Gasteiger partial charge < -0.3 is 5.11 Å². The molecule has 0 aromatic heterocycles. The number of carbonyl (C=O) groups excluding carboxylic acids is 1. The van der Waals surface area contributed by atoms with E-state index in [9.17, 15) is 36.2 Å². The number of aromatic hydroxyl groups is 1. The van der Waals surface area contributed by atoms with Crippen molar-refractivity contribution in [3.8, 4) is 5.75 Å². The fourth-order valence-corrected chi connectivity index (χ4v) is 2.51. The molecule has 2 aliphatic rings. The number of nitrogens with zero attached hydrogens (tertiary/aromatic N) is 2. The van der Waals surface area contributed by atoms with E-state index in [0.717, 1.165) is 12.1 Å². The molecular formula is C15H8F6N2O2. The van der Waals surface area contributed by atoms with Gasteiger partial charge in [-0.05, 0) is 24.3 Å². The van der Waals surface area contributed by atoms with Crippen LogP contribution in [-0.2, 0) is 6.18 Å². The van der Waals surface area contributed by atoms with Gasteiger partial charge in [0.2, 0.25) is 0 Å². The van der Waals surface area contributed by atoms with E-state index in [4.69, 9.17) is 0 Å². The van der Waals surface area contributed by atoms with Gasteiger partial charge in [-0.2, -0.15) is 31.3 Å². The van der Waals surface area contributed by atoms with E-state index < -0.39 is 47.0 Å². The minimum atomic E-state index is -4.72. The maximum absolute atomic E-state index is 12.8. The molecule has 0 radical (unpaired) electrons. The zero-order chi connectivity index (χ0) is 18.6. The number of amides is 2. The molecule has 1 atom stereocenters. The first-order valence-electron chi connectivity index (χ1n) is 6.77. The molecule has 25 heavy (non-hydrogen) atoms. The van der Waals surface area contributed by atoms with Crippen molar-refractivity contribution >= 4 is 17.4 Å². The fourth-order valence-electron chi connectivity index (χ4n) is 2.51. The SMILES string of the molecule is O=C1N=C2C=C(C(F)(F)F)C=CC2N1c1cc(C(F)(F)F)ccc1O. The molecule has 1 heterocycles. The highest BCUT2D eigenvalue weighted by Crippen LogP contribution is 2.40. The van der Waals surface area contributed by atoms with Gasteiger partial charge in [-0.3, -0.25) is 4.90 Å². The highest BCUT2D eigenvalue weighted by molar-refractivity contribution is 6.20. The Hall–Kier alpha value is -2.78. The monoisotopic (exact) mass is 362 g/mol. The summed E-state index contributed by atoms with van der Waals surface area (Å²) in [4.78, 5) is 16.2. The molecular weight excluding hydrogens is 354 g/mol. The van der Waals surface area contributed by atoms with Crippen molar-refractivity contribution in [2.75, 3.05) is 4.90 Å². The van der Waals surface area contributed by atoms with Crippen LogP contribution in [0.25, 0.3) is 0 Å². The molecule has 1 unspecified atom stereocenters. The first kappa shape index (κ1) is 17.1. The zero-order valence-electron chi connectivity index (χ0n) is 12.1. The molecule has 1 aromatic carbocycles. The van der Waals surface area contributed by atoms with Crippen LogP contribution in [0.1, 0.15) is 5.56 Å². The molecule has 0 spiro atoms. The maximum Gasteiger partial charge on any atom is 0.416 e. The lowest BCUT2D eigenvalue weighted by molar-refractivity contribution is -0.137. The van der Waals surface area contributed by atoms with Crippen LogP contribution in [-0.4, -0.2) is 29.1 Å². The van der Waals surface area contributed by atoms with Crippen molar-refractivity contribution in [1.82, 2.24) is 0 Å². The Morgan fingerprint density at radius 1 is 1.08 bits per heavy atom. The second kappa shape index (κ2) is 5.36. The van der Waals surface area contributed by atoms with Crippen molar-refractivity contribution < 1.29 is 36.2 Å². The molecule has 0 bridgehead atoms. The van der Waals surface area contributed by atoms with Gasteiger partial charge in [-0.15, -0.1) is 0 Å². The summed E-state index contributed by atoms with van der Waals surface area (Å²) in [6, 6.07) is -0.276. The largest absolute Gasteiger partial charge is 0.506 e. The molecule has 132 valence electrons. The van der Waals surface area contributed by atoms with Gasteiger partial charge in [-0.1, -0.05) is 12.2 Å². The quantitative estimate of drug-likeness (QED) is 0.761. The number of hydrogen-bond acceptors (Lipinski definition) is 2. The summed E-state index contributed by atoms with van der Waals surface area (Å²) in [6.07, 6.45) is -7.03. The van der Waals surface area contributed by atoms with Gasteiger partial charge in [0.25, 0.3) is 0 Å². The average molecular weight is 362 g/mol. The van der Waals surface area contributed by atoms with E-state index in [1.807, 2.05) is 0 Å². The van der Waals surface area contributed by atoms with Crippen molar-refractivity contribution in [2.45, 2.75) is 18.4 Å². The van der Waals surface area contributed by atoms with E-state index in [-0.39, 0.29) is 5.71 Å². The lowest BCUT2D eigenvalue weighted by Gasteiger charge is -2.26. The lowest BCUT2D eigenvalue weighted by atomic mass is 9.99. The van der Waals surface area contributed by atoms with Crippen LogP contribution in [0, 0.1) is 0 Å². The number of halogens is 6. The molecule has 0 saturated carbocycles. The smallest absolute Gasteiger partial charge is 0.416 e. The Balaban J connectivity index is 2.02. The normalized spacial score (nSPS) is 20.5. The number of fused-ring (bicyclic) bond motifs is 1. The summed E-state index contributed by atoms with van der Waals surface area (Å²) in [7, 11) is 0. The van der Waals surface area contributed by atoms with E-state index in [1.54, 1.807) is 0 Å². The molecule has 3 rings (SSSR count). The Kier molecular flexibility index (Phi) is 3.66. The number of anilines is 1. The van der Waals surface area contributed by atoms with Gasteiger partial charge in [-0.25, -0.2) is 4.79 Å². The van der Waals surface area contributed by atoms with Gasteiger partial charge in [0.15, 0.2) is 0 Å². The minimum Gasteiger partial charge on any atom is -0.506 e. The fraction of sp³-hybridized carbons (Fsp3) is 0.200. The number of phenols is 1. The number of rotatable bonds is 1. The van der Waals surface area contributed by atoms with E-state index in [2.05, 4.69) is 4.99 Å². The Labute approximate surface area is 136 Å². The van der Waals surface area contributed by atoms with Crippen molar-refractivity contribution in [3.05, 3.63) is 47.6 Å². The van der Waals surface area contributed by atoms with E-state index in [1.165, 1.54) is 0 Å². The summed E-state index contributed by atoms with van der Waals surface area (Å²) < 4.78 is 76.7. The Morgan fingerprint density at radius 2 is 1.76 bits per heavy atom. The summed E-state index contributed by atoms with van der Waals surface area (Å²) >= 11 is 0. The van der Waals surface area contributed by atoms with Crippen LogP contribution in [0.15, 0.2) is 47.0 Å². The second-order valence-corrected chi connectivity index (χ2v) is 5.29. The number of hydrogen-bond donors (Lipinski definition) is 1. The van der Waals surface area contributed by atoms with Crippen molar-refractivity contribution in [1.29, 1.82) is 0 Å². The Bertz CT molecular complexity index is 835. The third-order valence-corrected chi connectivity index (χ3v) is 3.66. The number of benzene rings is 1. The van der Waals surface area contributed by atoms with Crippen LogP contribution >= 0.6 is 0 Å². The average Bonchev–Trinajstić information content (AvgIpc) is 2.80. The lowest BCUT2D eigenvalue weighted by Crippen LogP contribution is -2.37. The van der Waals surface area contributed by atoms with Crippen LogP contribution in [0.3, 0.4) is 0 Å². The number of allylic oxidation sites excluding steroid dienone is 2. The number of aliphatic imine (C=N–C) groups is 1. The molecule has 1 aliphatic heterocycles. The second-order valence-electron chi connectivity index (χ2n) is 5.29. The molecule has 2 amide bonds. The summed E-state index contributed by atoms with van der Waals surface area (Å²) in [5.41, 5.74) is -2.91. The maximum atomic E-state index is 12.8. The zero-order valence-corrected chi connectivity index (χ0v) is 12.1. The van der Waals surface area contributed by atoms with Gasteiger partial charge in [0, 0.05) is 0 Å². The first-order valence-corrected chi connectivity index (χ1v) is 6.77. The van der Waals surface area contributed by atoms with Gasteiger partial charge >= 0.3 is 18.4 Å². The highest BCUT2D eigenvalue weighted by atomic mass is 19.4. The molecule has 1 aliphatic carbocycles. The third-order valence-electron chi connectivity index (χ3n) is 3.66. The van der Waals surface area contributed by atoms with Crippen LogP contribution in [0.4, 0.5) is 36.8 Å². The summed E-state index contributed by atoms with van der Waals surface area (Å²) in [6.45, 7) is 0. The van der Waals surface area contributed by atoms with Gasteiger partial charge in [0.05, 0.1) is 28.6 Å². The predicted molar refractivity (Wildman–Crippen MR) is 75.5 cm³/mol.